The maximum absolute atomic E-state index is 15.5. The SMILES string of the molecule is Cc1c(N(C)[C@H]2CCN(Cc3ccccc3)C2)cc(F)c(S(=O)(=O)N(OC(=O)C(F)(F)F)c2ncns2)c1F. The number of likely N-dealkylation sites (N-methyl/N-ethyl adjacent to an activating group) is 1. The van der Waals surface area contributed by atoms with Crippen LogP contribution in [0.5, 0.6) is 0 Å². The molecule has 3 aromatic rings. The van der Waals surface area contributed by atoms with Crippen molar-refractivity contribution in [2.75, 3.05) is 29.5 Å². The third-order valence-corrected chi connectivity index (χ3v) is 8.52. The van der Waals surface area contributed by atoms with Crippen LogP contribution >= 0.6 is 11.5 Å². The first-order chi connectivity index (χ1) is 18.3. The number of benzene rings is 2. The Balaban J connectivity index is 1.63. The summed E-state index contributed by atoms with van der Waals surface area (Å²) in [5.41, 5.74) is 0.901. The van der Waals surface area contributed by atoms with Gasteiger partial charge in [0.15, 0.2) is 10.7 Å². The van der Waals surface area contributed by atoms with Crippen molar-refractivity contribution in [3.8, 4) is 0 Å². The van der Waals surface area contributed by atoms with E-state index in [4.69, 9.17) is 0 Å². The highest BCUT2D eigenvalue weighted by atomic mass is 32.2. The number of carbonyl (C=O) groups is 1. The van der Waals surface area contributed by atoms with Crippen molar-refractivity contribution in [3.05, 3.63) is 65.5 Å². The van der Waals surface area contributed by atoms with E-state index in [1.54, 1.807) is 11.9 Å². The van der Waals surface area contributed by atoms with Gasteiger partial charge in [-0.25, -0.2) is 18.6 Å². The molecular weight excluding hydrogens is 569 g/mol. The monoisotopic (exact) mass is 591 g/mol. The fourth-order valence-corrected chi connectivity index (χ4v) is 6.29. The van der Waals surface area contributed by atoms with Gasteiger partial charge in [0.1, 0.15) is 12.1 Å². The summed E-state index contributed by atoms with van der Waals surface area (Å²) in [5, 5.41) is -0.866. The molecule has 0 amide bonds. The number of nitrogens with zero attached hydrogens (tertiary/aromatic N) is 5. The summed E-state index contributed by atoms with van der Waals surface area (Å²) in [7, 11) is -3.93. The summed E-state index contributed by atoms with van der Waals surface area (Å²) in [6.07, 6.45) is -4.17. The third-order valence-electron chi connectivity index (χ3n) is 6.20. The topological polar surface area (TPSA) is 95.9 Å². The summed E-state index contributed by atoms with van der Waals surface area (Å²) < 4.78 is 98.5. The summed E-state index contributed by atoms with van der Waals surface area (Å²) in [4.78, 5) is 21.0. The molecule has 16 heteroatoms. The number of aromatic nitrogens is 2. The first kappa shape index (κ1) is 28.6. The zero-order valence-electron chi connectivity index (χ0n) is 20.5. The van der Waals surface area contributed by atoms with Gasteiger partial charge >= 0.3 is 22.2 Å². The zero-order valence-corrected chi connectivity index (χ0v) is 22.2. The number of hydrogen-bond acceptors (Lipinski definition) is 9. The summed E-state index contributed by atoms with van der Waals surface area (Å²) in [5.74, 6) is -6.07. The Labute approximate surface area is 224 Å². The van der Waals surface area contributed by atoms with E-state index in [0.717, 1.165) is 24.5 Å². The Bertz CT molecular complexity index is 1440. The summed E-state index contributed by atoms with van der Waals surface area (Å²) in [6, 6.07) is 10.4. The van der Waals surface area contributed by atoms with Crippen molar-refractivity contribution in [2.24, 2.45) is 0 Å². The second-order valence-corrected chi connectivity index (χ2v) is 11.2. The summed E-state index contributed by atoms with van der Waals surface area (Å²) in [6.45, 7) is 3.20. The van der Waals surface area contributed by atoms with Crippen LogP contribution in [0.3, 0.4) is 0 Å². The van der Waals surface area contributed by atoms with Crippen LogP contribution in [0.25, 0.3) is 0 Å². The number of halogens is 5. The van der Waals surface area contributed by atoms with E-state index in [2.05, 4.69) is 19.1 Å². The van der Waals surface area contributed by atoms with Crippen molar-refractivity contribution >= 4 is 38.3 Å². The van der Waals surface area contributed by atoms with Crippen LogP contribution in [-0.4, -0.2) is 61.0 Å². The third kappa shape index (κ3) is 5.96. The van der Waals surface area contributed by atoms with Crippen LogP contribution in [-0.2, 0) is 26.2 Å². The van der Waals surface area contributed by atoms with Crippen LogP contribution in [0.2, 0.25) is 0 Å². The second-order valence-electron chi connectivity index (χ2n) is 8.75. The van der Waals surface area contributed by atoms with Crippen LogP contribution in [0.4, 0.5) is 32.8 Å². The average Bonchev–Trinajstić information content (AvgIpc) is 3.56. The quantitative estimate of drug-likeness (QED) is 0.286. The van der Waals surface area contributed by atoms with Crippen molar-refractivity contribution in [1.82, 2.24) is 14.3 Å². The molecule has 39 heavy (non-hydrogen) atoms. The molecule has 1 aliphatic heterocycles. The molecule has 0 N–H and O–H groups in total. The molecule has 210 valence electrons. The minimum atomic E-state index is -5.60. The molecular formula is C23H22F5N5O4S2. The maximum atomic E-state index is 15.5. The van der Waals surface area contributed by atoms with E-state index < -0.39 is 48.3 Å². The molecule has 2 aromatic carbocycles. The van der Waals surface area contributed by atoms with E-state index in [9.17, 15) is 26.4 Å². The van der Waals surface area contributed by atoms with Gasteiger partial charge in [-0.15, -0.1) is 0 Å². The Morgan fingerprint density at radius 3 is 2.54 bits per heavy atom. The van der Waals surface area contributed by atoms with Crippen molar-refractivity contribution in [1.29, 1.82) is 0 Å². The predicted octanol–water partition coefficient (Wildman–Crippen LogP) is 4.05. The number of alkyl halides is 3. The Kier molecular flexibility index (Phi) is 8.09. The van der Waals surface area contributed by atoms with Gasteiger partial charge in [-0.3, -0.25) is 4.90 Å². The van der Waals surface area contributed by atoms with Gasteiger partial charge in [0.25, 0.3) is 5.13 Å². The van der Waals surface area contributed by atoms with Crippen LogP contribution in [0, 0.1) is 18.6 Å². The van der Waals surface area contributed by atoms with E-state index >= 15 is 8.78 Å². The van der Waals surface area contributed by atoms with Gasteiger partial charge in [-0.05, 0) is 25.0 Å². The van der Waals surface area contributed by atoms with E-state index in [0.29, 0.717) is 19.5 Å². The molecule has 0 bridgehead atoms. The first-order valence-electron chi connectivity index (χ1n) is 11.4. The average molecular weight is 592 g/mol. The molecule has 0 unspecified atom stereocenters. The highest BCUT2D eigenvalue weighted by Gasteiger charge is 2.47. The molecule has 1 saturated heterocycles. The van der Waals surface area contributed by atoms with Crippen LogP contribution in [0.1, 0.15) is 17.5 Å². The lowest BCUT2D eigenvalue weighted by Gasteiger charge is -2.29. The van der Waals surface area contributed by atoms with E-state index in [1.165, 1.54) is 6.92 Å². The van der Waals surface area contributed by atoms with Crippen LogP contribution < -0.4 is 9.37 Å². The van der Waals surface area contributed by atoms with Crippen molar-refractivity contribution in [2.45, 2.75) is 37.0 Å². The van der Waals surface area contributed by atoms with Crippen LogP contribution in [0.15, 0.2) is 47.6 Å². The lowest BCUT2D eigenvalue weighted by atomic mass is 10.1. The number of sulfonamides is 1. The van der Waals surface area contributed by atoms with Gasteiger partial charge in [0.05, 0.1) is 0 Å². The first-order valence-corrected chi connectivity index (χ1v) is 13.6. The lowest BCUT2D eigenvalue weighted by Crippen LogP contribution is -2.39. The smallest absolute Gasteiger partial charge is 0.370 e. The molecule has 4 rings (SSSR count). The van der Waals surface area contributed by atoms with E-state index in [1.807, 2.05) is 30.3 Å². The lowest BCUT2D eigenvalue weighted by molar-refractivity contribution is -0.199. The number of likely N-dealkylation sites (tertiary alicyclic amines) is 1. The number of hydrogen-bond donors (Lipinski definition) is 0. The number of anilines is 2. The summed E-state index contributed by atoms with van der Waals surface area (Å²) >= 11 is 0.230. The van der Waals surface area contributed by atoms with Gasteiger partial charge in [0, 0.05) is 55.5 Å². The number of carbonyl (C=O) groups excluding carboxylic acids is 1. The zero-order chi connectivity index (χ0) is 28.5. The molecule has 1 aliphatic rings. The molecule has 9 nitrogen and oxygen atoms in total. The molecule has 2 heterocycles. The fraction of sp³-hybridized carbons (Fsp3) is 0.348. The standard InChI is InChI=1S/C23H22F5N5O4S2/c1-14-18(31(2)16-8-9-32(12-16)11-15-6-4-3-5-7-15)10-17(24)20(19(14)25)39(35,36)33(22-29-13-30-38-22)37-21(34)23(26,27)28/h3-7,10,13,16H,8-9,11-12H2,1-2H3/t16-/m0/s1. The van der Waals surface area contributed by atoms with Crippen molar-refractivity contribution in [3.63, 3.8) is 0 Å². The molecule has 0 saturated carbocycles. The molecule has 0 spiro atoms. The van der Waals surface area contributed by atoms with Gasteiger partial charge in [0.2, 0.25) is 0 Å². The van der Waals surface area contributed by atoms with E-state index in [-0.39, 0.29) is 28.8 Å². The van der Waals surface area contributed by atoms with Crippen molar-refractivity contribution < 1.29 is 40.0 Å². The molecule has 1 fully saturated rings. The highest BCUT2D eigenvalue weighted by Crippen LogP contribution is 2.36. The minimum Gasteiger partial charge on any atom is -0.370 e. The molecule has 0 radical (unpaired) electrons. The Morgan fingerprint density at radius 2 is 1.92 bits per heavy atom. The Hall–Kier alpha value is -3.37. The fourth-order valence-electron chi connectivity index (χ4n) is 4.24. The maximum Gasteiger partial charge on any atom is 0.493 e. The largest absolute Gasteiger partial charge is 0.493 e. The Morgan fingerprint density at radius 1 is 1.23 bits per heavy atom. The highest BCUT2D eigenvalue weighted by molar-refractivity contribution is 7.92. The van der Waals surface area contributed by atoms with Gasteiger partial charge < -0.3 is 9.74 Å². The normalized spacial score (nSPS) is 16.3. The predicted molar refractivity (Wildman–Crippen MR) is 131 cm³/mol. The minimum absolute atomic E-state index is 0.0604. The number of rotatable bonds is 8. The molecule has 1 atom stereocenters. The second kappa shape index (κ2) is 11.0. The van der Waals surface area contributed by atoms with Gasteiger partial charge in [-0.2, -0.15) is 26.0 Å². The molecule has 0 aliphatic carbocycles. The molecule has 1 aromatic heterocycles. The van der Waals surface area contributed by atoms with Gasteiger partial charge in [-0.1, -0.05) is 34.8 Å².